The average Bonchev–Trinajstić information content (AvgIpc) is 2.04. The van der Waals surface area contributed by atoms with Crippen molar-refractivity contribution in [3.8, 4) is 0 Å². The van der Waals surface area contributed by atoms with Gasteiger partial charge >= 0.3 is 0 Å². The van der Waals surface area contributed by atoms with Gasteiger partial charge in [-0.1, -0.05) is 11.6 Å². The molecule has 0 unspecified atom stereocenters. The number of non-ortho nitro benzene ring substituents is 1. The lowest BCUT2D eigenvalue weighted by Crippen LogP contribution is -2.54. The van der Waals surface area contributed by atoms with Crippen LogP contribution in [-0.4, -0.2) is 4.92 Å². The van der Waals surface area contributed by atoms with Gasteiger partial charge in [-0.05, 0) is 0 Å². The Hall–Kier alpha value is -1.49. The first-order valence-electron chi connectivity index (χ1n) is 2.99. The van der Waals surface area contributed by atoms with Gasteiger partial charge in [-0.25, -0.2) is 0 Å². The highest BCUT2D eigenvalue weighted by molar-refractivity contribution is 6.32. The quantitative estimate of drug-likeness (QED) is 0.424. The molecule has 0 atom stereocenters. The summed E-state index contributed by atoms with van der Waals surface area (Å²) in [4.78, 5) is 9.65. The normalized spacial score (nSPS) is 9.42. The predicted molar refractivity (Wildman–Crippen MR) is 42.1 cm³/mol. The fourth-order valence-corrected chi connectivity index (χ4v) is 0.925. The molecule has 0 radical (unpaired) electrons. The fraction of sp³-hybridized carbons (Fsp3) is 0. The number of hydrogen-bond acceptors (Lipinski definition) is 2. The Kier molecular flexibility index (Phi) is 2.35. The summed E-state index contributed by atoms with van der Waals surface area (Å²) in [5.74, 6) is 0. The van der Waals surface area contributed by atoms with Gasteiger partial charge in [0.15, 0.2) is 0 Å². The molecule has 1 N–H and O–H groups in total. The van der Waals surface area contributed by atoms with Crippen LogP contribution in [0.1, 0.15) is 0 Å². The topological polar surface area (TPSA) is 79.4 Å². The maximum Gasteiger partial charge on any atom is 0.271 e. The molecule has 0 saturated heterocycles. The number of benzene rings is 1. The van der Waals surface area contributed by atoms with Crippen LogP contribution in [-0.2, 0) is 0 Å². The largest absolute Gasteiger partial charge is 0.502 e. The van der Waals surface area contributed by atoms with Crippen LogP contribution in [0.4, 0.5) is 11.4 Å². The Labute approximate surface area is 72.6 Å². The van der Waals surface area contributed by atoms with E-state index in [0.29, 0.717) is 0 Å². The first kappa shape index (κ1) is 8.61. The molecule has 0 heterocycles. The summed E-state index contributed by atoms with van der Waals surface area (Å²) < 4.78 is 0. The van der Waals surface area contributed by atoms with Crippen LogP contribution in [0.5, 0.6) is 0 Å². The standard InChI is InChI=1S/C6H4ClN3O2/c7-5-3-4(10(11)12)1-2-6(5)9-8/h1-3,9H. The van der Waals surface area contributed by atoms with E-state index in [1.54, 1.807) is 5.11 Å². The third-order valence-corrected chi connectivity index (χ3v) is 1.60. The monoisotopic (exact) mass is 185 g/mol. The molecule has 0 fully saturated rings. The van der Waals surface area contributed by atoms with E-state index in [-0.39, 0.29) is 16.4 Å². The van der Waals surface area contributed by atoms with Crippen molar-refractivity contribution in [2.75, 3.05) is 0 Å². The molecular weight excluding hydrogens is 182 g/mol. The van der Waals surface area contributed by atoms with Crippen LogP contribution < -0.4 is 5.11 Å². The summed E-state index contributed by atoms with van der Waals surface area (Å²) in [6.45, 7) is 0. The molecule has 0 saturated carbocycles. The zero-order chi connectivity index (χ0) is 9.14. The van der Waals surface area contributed by atoms with Crippen molar-refractivity contribution in [2.24, 2.45) is 0 Å². The van der Waals surface area contributed by atoms with Crippen molar-refractivity contribution in [2.45, 2.75) is 0 Å². The molecule has 0 spiro atoms. The minimum absolute atomic E-state index is 0.103. The summed E-state index contributed by atoms with van der Waals surface area (Å²) in [5, 5.41) is 12.1. The summed E-state index contributed by atoms with van der Waals surface area (Å²) in [5.41, 5.74) is 8.57. The lowest BCUT2D eigenvalue weighted by molar-refractivity contribution is -0.387. The molecule has 62 valence electrons. The fourth-order valence-electron chi connectivity index (χ4n) is 0.708. The van der Waals surface area contributed by atoms with Crippen molar-refractivity contribution in [3.05, 3.63) is 38.9 Å². The number of nitrogens with zero attached hydrogens (tertiary/aromatic N) is 2. The van der Waals surface area contributed by atoms with Gasteiger partial charge in [0.25, 0.3) is 5.69 Å². The second-order valence-electron chi connectivity index (χ2n) is 2.03. The van der Waals surface area contributed by atoms with Crippen molar-refractivity contribution >= 4 is 23.0 Å². The zero-order valence-corrected chi connectivity index (χ0v) is 6.58. The van der Waals surface area contributed by atoms with Crippen LogP contribution >= 0.6 is 11.6 Å². The maximum atomic E-state index is 10.2. The van der Waals surface area contributed by atoms with E-state index in [9.17, 15) is 10.1 Å². The molecule has 0 aliphatic carbocycles. The average molecular weight is 186 g/mol. The van der Waals surface area contributed by atoms with E-state index < -0.39 is 4.92 Å². The van der Waals surface area contributed by atoms with E-state index in [2.05, 4.69) is 0 Å². The van der Waals surface area contributed by atoms with Crippen molar-refractivity contribution in [1.29, 1.82) is 0 Å². The Morgan fingerprint density at radius 3 is 2.67 bits per heavy atom. The van der Waals surface area contributed by atoms with Gasteiger partial charge in [0.2, 0.25) is 5.69 Å². The summed E-state index contributed by atoms with van der Waals surface area (Å²) in [6.07, 6.45) is 0. The van der Waals surface area contributed by atoms with Gasteiger partial charge in [-0.15, -0.1) is 0 Å². The molecule has 5 nitrogen and oxygen atoms in total. The first-order valence-corrected chi connectivity index (χ1v) is 3.37. The zero-order valence-electron chi connectivity index (χ0n) is 5.82. The SMILES string of the molecule is [N-]=[NH+]c1ccc([N+](=O)[O-])cc1Cl. The molecule has 0 aliphatic heterocycles. The number of hydrogen-bond donors (Lipinski definition) is 1. The molecule has 0 aliphatic rings. The van der Waals surface area contributed by atoms with Crippen LogP contribution in [0.3, 0.4) is 0 Å². The molecule has 1 aromatic carbocycles. The summed E-state index contributed by atoms with van der Waals surface area (Å²) in [7, 11) is 0. The number of rotatable bonds is 2. The van der Waals surface area contributed by atoms with Crippen LogP contribution in [0.15, 0.2) is 18.2 Å². The van der Waals surface area contributed by atoms with Crippen LogP contribution in [0.25, 0.3) is 5.53 Å². The van der Waals surface area contributed by atoms with Gasteiger partial charge in [-0.3, -0.25) is 15.2 Å². The molecule has 0 amide bonds. The van der Waals surface area contributed by atoms with Crippen molar-refractivity contribution in [1.82, 2.24) is 0 Å². The smallest absolute Gasteiger partial charge is 0.271 e. The van der Waals surface area contributed by atoms with Crippen molar-refractivity contribution < 1.29 is 10.0 Å². The van der Waals surface area contributed by atoms with Gasteiger partial charge in [0.1, 0.15) is 5.02 Å². The highest BCUT2D eigenvalue weighted by atomic mass is 35.5. The van der Waals surface area contributed by atoms with Gasteiger partial charge in [0, 0.05) is 18.2 Å². The number of halogens is 1. The van der Waals surface area contributed by atoms with Gasteiger partial charge in [-0.2, -0.15) is 0 Å². The molecule has 0 aromatic heterocycles. The molecule has 0 bridgehead atoms. The minimum atomic E-state index is -0.562. The molecule has 6 heteroatoms. The lowest BCUT2D eigenvalue weighted by Gasteiger charge is -1.93. The van der Waals surface area contributed by atoms with Crippen LogP contribution in [0.2, 0.25) is 5.02 Å². The number of nitro groups is 1. The molecular formula is C6H4ClN3O2. The Morgan fingerprint density at radius 1 is 1.58 bits per heavy atom. The van der Waals surface area contributed by atoms with Crippen molar-refractivity contribution in [3.63, 3.8) is 0 Å². The third-order valence-electron chi connectivity index (χ3n) is 1.28. The highest BCUT2D eigenvalue weighted by Gasteiger charge is 2.09. The van der Waals surface area contributed by atoms with E-state index in [1.807, 2.05) is 0 Å². The Balaban J connectivity index is 3.18. The lowest BCUT2D eigenvalue weighted by atomic mass is 10.3. The Morgan fingerprint density at radius 2 is 2.25 bits per heavy atom. The third kappa shape index (κ3) is 1.57. The summed E-state index contributed by atoms with van der Waals surface area (Å²) in [6, 6.07) is 3.71. The number of nitrogens with one attached hydrogen (secondary N) is 1. The van der Waals surface area contributed by atoms with E-state index >= 15 is 0 Å². The minimum Gasteiger partial charge on any atom is -0.502 e. The van der Waals surface area contributed by atoms with Crippen LogP contribution in [0, 0.1) is 10.1 Å². The highest BCUT2D eigenvalue weighted by Crippen LogP contribution is 2.22. The van der Waals surface area contributed by atoms with E-state index in [4.69, 9.17) is 17.1 Å². The number of nitro benzene ring substituents is 1. The second-order valence-corrected chi connectivity index (χ2v) is 2.44. The van der Waals surface area contributed by atoms with E-state index in [0.717, 1.165) is 6.07 Å². The Bertz CT molecular complexity index is 340. The first-order chi connectivity index (χ1) is 5.65. The van der Waals surface area contributed by atoms with Gasteiger partial charge in [0.05, 0.1) is 4.92 Å². The molecule has 1 aromatic rings. The molecule has 1 rings (SSSR count). The van der Waals surface area contributed by atoms with E-state index in [1.165, 1.54) is 12.1 Å². The second kappa shape index (κ2) is 3.27. The maximum absolute atomic E-state index is 10.2. The predicted octanol–water partition coefficient (Wildman–Crippen LogP) is 0.982. The summed E-state index contributed by atoms with van der Waals surface area (Å²) >= 11 is 5.55. The molecule has 12 heavy (non-hydrogen) atoms. The van der Waals surface area contributed by atoms with Gasteiger partial charge < -0.3 is 5.53 Å².